The van der Waals surface area contributed by atoms with Crippen molar-refractivity contribution in [2.45, 2.75) is 60.0 Å². The van der Waals surface area contributed by atoms with E-state index in [1.807, 2.05) is 43.9 Å². The van der Waals surface area contributed by atoms with E-state index in [1.54, 1.807) is 14.2 Å². The molecular weight excluding hydrogens is 290 g/mol. The normalized spacial score (nSPS) is 12.7. The second kappa shape index (κ2) is 8.23. The summed E-state index contributed by atoms with van der Waals surface area (Å²) in [5.41, 5.74) is 0.654. The molecule has 4 heteroatoms. The summed E-state index contributed by atoms with van der Waals surface area (Å²) < 4.78 is 10.6. The highest BCUT2D eigenvalue weighted by atomic mass is 16.5. The van der Waals surface area contributed by atoms with E-state index in [0.717, 1.165) is 18.4 Å². The van der Waals surface area contributed by atoms with Crippen LogP contribution in [0.15, 0.2) is 18.2 Å². The van der Waals surface area contributed by atoms with Crippen LogP contribution in [0.1, 0.15) is 53.0 Å². The summed E-state index contributed by atoms with van der Waals surface area (Å²) in [6, 6.07) is 6.03. The summed E-state index contributed by atoms with van der Waals surface area (Å²) in [6.45, 7) is 10.7. The minimum Gasteiger partial charge on any atom is -0.493 e. The Morgan fingerprint density at radius 3 is 2.26 bits per heavy atom. The number of benzene rings is 1. The van der Waals surface area contributed by atoms with Gasteiger partial charge < -0.3 is 14.4 Å². The van der Waals surface area contributed by atoms with Gasteiger partial charge in [-0.3, -0.25) is 4.79 Å². The molecule has 1 unspecified atom stereocenters. The van der Waals surface area contributed by atoms with Crippen molar-refractivity contribution in [3.05, 3.63) is 23.8 Å². The summed E-state index contributed by atoms with van der Waals surface area (Å²) in [5, 5.41) is 0. The van der Waals surface area contributed by atoms with Crippen molar-refractivity contribution >= 4 is 5.91 Å². The second-order valence-corrected chi connectivity index (χ2v) is 7.01. The lowest BCUT2D eigenvalue weighted by molar-refractivity contribution is -0.142. The smallest absolute Gasteiger partial charge is 0.228 e. The molecule has 0 radical (unpaired) electrons. The van der Waals surface area contributed by atoms with Gasteiger partial charge in [-0.25, -0.2) is 0 Å². The van der Waals surface area contributed by atoms with Crippen LogP contribution in [0.2, 0.25) is 0 Å². The third-order valence-corrected chi connectivity index (χ3v) is 3.94. The van der Waals surface area contributed by atoms with Crippen molar-refractivity contribution in [3.8, 4) is 11.5 Å². The highest BCUT2D eigenvalue weighted by Crippen LogP contribution is 2.29. The minimum atomic E-state index is -0.390. The Hall–Kier alpha value is -1.71. The molecule has 0 aliphatic carbocycles. The van der Waals surface area contributed by atoms with Crippen LogP contribution in [-0.2, 0) is 11.3 Å². The van der Waals surface area contributed by atoms with Crippen molar-refractivity contribution in [1.82, 2.24) is 4.90 Å². The summed E-state index contributed by atoms with van der Waals surface area (Å²) in [6.07, 6.45) is 2.05. The second-order valence-electron chi connectivity index (χ2n) is 7.01. The Morgan fingerprint density at radius 2 is 1.78 bits per heavy atom. The van der Waals surface area contributed by atoms with Gasteiger partial charge in [-0.2, -0.15) is 0 Å². The summed E-state index contributed by atoms with van der Waals surface area (Å²) in [5.74, 6) is 1.57. The summed E-state index contributed by atoms with van der Waals surface area (Å²) in [7, 11) is 3.25. The molecule has 0 spiro atoms. The number of hydrogen-bond donors (Lipinski definition) is 0. The van der Waals surface area contributed by atoms with E-state index in [0.29, 0.717) is 18.0 Å². The average Bonchev–Trinajstić information content (AvgIpc) is 2.50. The average molecular weight is 321 g/mol. The van der Waals surface area contributed by atoms with Crippen LogP contribution in [0, 0.1) is 5.41 Å². The molecule has 0 bridgehead atoms. The van der Waals surface area contributed by atoms with Gasteiger partial charge in [-0.1, -0.05) is 40.2 Å². The number of hydrogen-bond acceptors (Lipinski definition) is 3. The van der Waals surface area contributed by atoms with Crippen molar-refractivity contribution < 1.29 is 14.3 Å². The number of carbonyl (C=O) groups excluding carboxylic acids is 1. The molecule has 0 fully saturated rings. The monoisotopic (exact) mass is 321 g/mol. The van der Waals surface area contributed by atoms with Gasteiger partial charge in [-0.15, -0.1) is 0 Å². The molecule has 0 aromatic heterocycles. The van der Waals surface area contributed by atoms with Gasteiger partial charge in [0, 0.05) is 18.0 Å². The van der Waals surface area contributed by atoms with E-state index in [1.165, 1.54) is 0 Å². The zero-order valence-electron chi connectivity index (χ0n) is 15.6. The molecule has 0 N–H and O–H groups in total. The van der Waals surface area contributed by atoms with Crippen LogP contribution in [-0.4, -0.2) is 31.1 Å². The largest absolute Gasteiger partial charge is 0.493 e. The van der Waals surface area contributed by atoms with Gasteiger partial charge in [-0.05, 0) is 31.0 Å². The third-order valence-electron chi connectivity index (χ3n) is 3.94. The quantitative estimate of drug-likeness (QED) is 0.753. The summed E-state index contributed by atoms with van der Waals surface area (Å²) in [4.78, 5) is 14.8. The SMILES string of the molecule is CCCC(C)N(Cc1ccc(OC)c(OC)c1)C(=O)C(C)(C)C. The van der Waals surface area contributed by atoms with Gasteiger partial charge in [0.2, 0.25) is 5.91 Å². The fourth-order valence-electron chi connectivity index (χ4n) is 2.61. The highest BCUT2D eigenvalue weighted by Gasteiger charge is 2.30. The maximum Gasteiger partial charge on any atom is 0.228 e. The molecule has 1 aromatic rings. The predicted molar refractivity (Wildman–Crippen MR) is 93.9 cm³/mol. The van der Waals surface area contributed by atoms with Crippen LogP contribution >= 0.6 is 0 Å². The lowest BCUT2D eigenvalue weighted by atomic mass is 9.93. The van der Waals surface area contributed by atoms with E-state index >= 15 is 0 Å². The van der Waals surface area contributed by atoms with E-state index in [9.17, 15) is 4.79 Å². The van der Waals surface area contributed by atoms with Gasteiger partial charge in [0.25, 0.3) is 0 Å². The molecule has 0 aliphatic heterocycles. The van der Waals surface area contributed by atoms with E-state index in [-0.39, 0.29) is 11.9 Å². The molecule has 0 aliphatic rings. The Labute approximate surface area is 140 Å². The first-order valence-corrected chi connectivity index (χ1v) is 8.26. The van der Waals surface area contributed by atoms with Crippen molar-refractivity contribution in [3.63, 3.8) is 0 Å². The number of rotatable bonds is 7. The topological polar surface area (TPSA) is 38.8 Å². The molecule has 1 atom stereocenters. The maximum atomic E-state index is 12.8. The number of methoxy groups -OCH3 is 2. The highest BCUT2D eigenvalue weighted by molar-refractivity contribution is 5.81. The van der Waals surface area contributed by atoms with Gasteiger partial charge in [0.15, 0.2) is 11.5 Å². The first kappa shape index (κ1) is 19.3. The van der Waals surface area contributed by atoms with Crippen molar-refractivity contribution in [1.29, 1.82) is 0 Å². The predicted octanol–water partition coefficient (Wildman–Crippen LogP) is 4.27. The fraction of sp³-hybridized carbons (Fsp3) is 0.632. The van der Waals surface area contributed by atoms with Crippen LogP contribution in [0.5, 0.6) is 11.5 Å². The van der Waals surface area contributed by atoms with Crippen LogP contribution in [0.4, 0.5) is 0 Å². The lowest BCUT2D eigenvalue weighted by Gasteiger charge is -2.34. The first-order valence-electron chi connectivity index (χ1n) is 8.26. The molecule has 1 rings (SSSR count). The Bertz CT molecular complexity index is 520. The van der Waals surface area contributed by atoms with Gasteiger partial charge in [0.1, 0.15) is 0 Å². The standard InChI is InChI=1S/C19H31NO3/c1-8-9-14(2)20(18(21)19(3,4)5)13-15-10-11-16(22-6)17(12-15)23-7/h10-12,14H,8-9,13H2,1-7H3. The third kappa shape index (κ3) is 5.15. The van der Waals surface area contributed by atoms with E-state index < -0.39 is 5.41 Å². The molecule has 4 nitrogen and oxygen atoms in total. The first-order chi connectivity index (χ1) is 10.7. The van der Waals surface area contributed by atoms with Crippen LogP contribution in [0.25, 0.3) is 0 Å². The molecule has 0 saturated heterocycles. The number of ether oxygens (including phenoxy) is 2. The fourth-order valence-corrected chi connectivity index (χ4v) is 2.61. The van der Waals surface area contributed by atoms with Crippen LogP contribution < -0.4 is 9.47 Å². The minimum absolute atomic E-state index is 0.174. The lowest BCUT2D eigenvalue weighted by Crippen LogP contribution is -2.44. The Balaban J connectivity index is 3.08. The summed E-state index contributed by atoms with van der Waals surface area (Å²) >= 11 is 0. The number of carbonyl (C=O) groups is 1. The number of nitrogens with zero attached hydrogens (tertiary/aromatic N) is 1. The molecule has 23 heavy (non-hydrogen) atoms. The molecule has 130 valence electrons. The van der Waals surface area contributed by atoms with E-state index in [4.69, 9.17) is 9.47 Å². The zero-order chi connectivity index (χ0) is 17.6. The van der Waals surface area contributed by atoms with Crippen LogP contribution in [0.3, 0.4) is 0 Å². The molecule has 1 aromatic carbocycles. The van der Waals surface area contributed by atoms with Crippen molar-refractivity contribution in [2.24, 2.45) is 5.41 Å². The maximum absolute atomic E-state index is 12.8. The van der Waals surface area contributed by atoms with E-state index in [2.05, 4.69) is 13.8 Å². The molecule has 1 amide bonds. The number of amides is 1. The van der Waals surface area contributed by atoms with Gasteiger partial charge >= 0.3 is 0 Å². The Kier molecular flexibility index (Phi) is 6.92. The zero-order valence-corrected chi connectivity index (χ0v) is 15.6. The molecule has 0 saturated carbocycles. The molecule has 0 heterocycles. The van der Waals surface area contributed by atoms with Crippen molar-refractivity contribution in [2.75, 3.05) is 14.2 Å². The Morgan fingerprint density at radius 1 is 1.17 bits per heavy atom. The molecular formula is C19H31NO3. The van der Waals surface area contributed by atoms with Gasteiger partial charge in [0.05, 0.1) is 14.2 Å².